The molecule has 0 unspecified atom stereocenters. The molecular weight excluding hydrogens is 504 g/mol. The first-order valence-electron chi connectivity index (χ1n) is 11.4. The van der Waals surface area contributed by atoms with E-state index in [1.165, 1.54) is 7.11 Å². The number of carbonyl (C=O) groups is 2. The molecule has 0 aliphatic carbocycles. The van der Waals surface area contributed by atoms with Crippen molar-refractivity contribution in [3.05, 3.63) is 52.3 Å². The summed E-state index contributed by atoms with van der Waals surface area (Å²) in [5.74, 6) is -1.10. The Morgan fingerprint density at radius 1 is 1.32 bits per heavy atom. The number of rotatable bonds is 12. The maximum absolute atomic E-state index is 13.4. The monoisotopic (exact) mass is 534 g/mol. The predicted octanol–water partition coefficient (Wildman–Crippen LogP) is 2.74. The summed E-state index contributed by atoms with van der Waals surface area (Å²) in [5, 5.41) is 28.7. The number of amides is 1. The van der Waals surface area contributed by atoms with Crippen LogP contribution in [0.2, 0.25) is 0 Å². The molecule has 3 rings (SSSR count). The second-order valence-corrected chi connectivity index (χ2v) is 9.29. The van der Waals surface area contributed by atoms with Crippen LogP contribution in [0.3, 0.4) is 0 Å². The highest BCUT2D eigenvalue weighted by atomic mass is 79.9. The summed E-state index contributed by atoms with van der Waals surface area (Å²) in [4.78, 5) is 26.4. The number of unbranched alkanes of at least 4 members (excludes halogenated alkanes) is 1. The molecule has 1 aromatic carbocycles. The van der Waals surface area contributed by atoms with E-state index in [1.807, 2.05) is 31.2 Å². The smallest absolute Gasteiger partial charge is 0.305 e. The zero-order valence-electron chi connectivity index (χ0n) is 19.5. The van der Waals surface area contributed by atoms with E-state index in [1.54, 1.807) is 21.8 Å². The second-order valence-electron chi connectivity index (χ2n) is 8.37. The fourth-order valence-electron chi connectivity index (χ4n) is 4.11. The summed E-state index contributed by atoms with van der Waals surface area (Å²) in [6.45, 7) is 2.87. The largest absolute Gasteiger partial charge is 0.469 e. The van der Waals surface area contributed by atoms with E-state index in [2.05, 4.69) is 31.0 Å². The Bertz CT molecular complexity index is 1040. The lowest BCUT2D eigenvalue weighted by atomic mass is 9.83. The minimum Gasteiger partial charge on any atom is -0.469 e. The molecule has 1 aliphatic rings. The van der Waals surface area contributed by atoms with Gasteiger partial charge in [0, 0.05) is 54.7 Å². The number of benzene rings is 1. The molecule has 1 aliphatic heterocycles. The summed E-state index contributed by atoms with van der Waals surface area (Å²) in [6, 6.07) is 5.48. The third kappa shape index (κ3) is 5.73. The summed E-state index contributed by atoms with van der Waals surface area (Å²) in [6.07, 6.45) is 8.21. The van der Waals surface area contributed by atoms with Crippen molar-refractivity contribution in [2.24, 2.45) is 5.92 Å². The third-order valence-corrected chi connectivity index (χ3v) is 6.53. The van der Waals surface area contributed by atoms with Crippen molar-refractivity contribution >= 4 is 33.5 Å². The number of hydrogen-bond acceptors (Lipinski definition) is 7. The van der Waals surface area contributed by atoms with E-state index in [0.29, 0.717) is 56.4 Å². The van der Waals surface area contributed by atoms with Gasteiger partial charge >= 0.3 is 5.97 Å². The Hall–Kier alpha value is -2.56. The van der Waals surface area contributed by atoms with E-state index in [9.17, 15) is 14.7 Å². The van der Waals surface area contributed by atoms with Crippen LogP contribution in [0, 0.1) is 5.92 Å². The molecule has 0 saturated heterocycles. The minimum atomic E-state index is -1.68. The SMILES string of the molecule is COC(=O)CCCCN1C(=O)[C@@](O)([C@@H](C)/C=C/CCn2cc(CCO)nn2)c2cc(Br)ccc21. The van der Waals surface area contributed by atoms with Gasteiger partial charge < -0.3 is 19.8 Å². The number of allylic oxidation sites excluding steroid dienone is 1. The average molecular weight is 535 g/mol. The van der Waals surface area contributed by atoms with E-state index < -0.39 is 11.5 Å². The number of aryl methyl sites for hydroxylation is 1. The molecule has 34 heavy (non-hydrogen) atoms. The van der Waals surface area contributed by atoms with Crippen LogP contribution < -0.4 is 4.90 Å². The number of fused-ring (bicyclic) bond motifs is 1. The highest BCUT2D eigenvalue weighted by Gasteiger charge is 2.52. The Balaban J connectivity index is 1.68. The highest BCUT2D eigenvalue weighted by Crippen LogP contribution is 2.46. The average Bonchev–Trinajstić information content (AvgIpc) is 3.36. The first kappa shape index (κ1) is 26.1. The van der Waals surface area contributed by atoms with Crippen molar-refractivity contribution in [1.29, 1.82) is 0 Å². The van der Waals surface area contributed by atoms with Crippen molar-refractivity contribution in [3.8, 4) is 0 Å². The van der Waals surface area contributed by atoms with Crippen LogP contribution in [0.1, 0.15) is 43.9 Å². The van der Waals surface area contributed by atoms with Crippen LogP contribution in [0.4, 0.5) is 5.69 Å². The predicted molar refractivity (Wildman–Crippen MR) is 130 cm³/mol. The maximum Gasteiger partial charge on any atom is 0.305 e. The topological polar surface area (TPSA) is 118 Å². The van der Waals surface area contributed by atoms with Gasteiger partial charge in [-0.25, -0.2) is 0 Å². The van der Waals surface area contributed by atoms with Crippen molar-refractivity contribution in [2.45, 2.75) is 51.2 Å². The molecule has 1 amide bonds. The van der Waals surface area contributed by atoms with Gasteiger partial charge in [0.25, 0.3) is 5.91 Å². The molecule has 10 heteroatoms. The van der Waals surface area contributed by atoms with E-state index in [4.69, 9.17) is 5.11 Å². The lowest BCUT2D eigenvalue weighted by Gasteiger charge is -2.27. The third-order valence-electron chi connectivity index (χ3n) is 6.03. The van der Waals surface area contributed by atoms with Gasteiger partial charge in [0.05, 0.1) is 18.5 Å². The lowest BCUT2D eigenvalue weighted by molar-refractivity contribution is -0.140. The fourth-order valence-corrected chi connectivity index (χ4v) is 4.47. The zero-order valence-corrected chi connectivity index (χ0v) is 21.1. The van der Waals surface area contributed by atoms with E-state index >= 15 is 0 Å². The normalized spacial score (nSPS) is 18.5. The maximum atomic E-state index is 13.4. The number of nitrogens with zero attached hydrogens (tertiary/aromatic N) is 4. The van der Waals surface area contributed by atoms with Crippen LogP contribution in [-0.2, 0) is 32.9 Å². The fraction of sp³-hybridized carbons (Fsp3) is 0.500. The quantitative estimate of drug-likeness (QED) is 0.244. The Labute approximate surface area is 207 Å². The van der Waals surface area contributed by atoms with Gasteiger partial charge in [-0.2, -0.15) is 0 Å². The van der Waals surface area contributed by atoms with Gasteiger partial charge in [-0.05, 0) is 37.5 Å². The molecule has 0 radical (unpaired) electrons. The number of esters is 1. The molecule has 0 spiro atoms. The van der Waals surface area contributed by atoms with Gasteiger partial charge in [0.2, 0.25) is 0 Å². The van der Waals surface area contributed by atoms with Crippen LogP contribution >= 0.6 is 15.9 Å². The number of methoxy groups -OCH3 is 1. The van der Waals surface area contributed by atoms with E-state index in [0.717, 1.165) is 10.2 Å². The Morgan fingerprint density at radius 3 is 2.85 bits per heavy atom. The first-order chi connectivity index (χ1) is 16.3. The zero-order chi connectivity index (χ0) is 24.7. The molecule has 2 aromatic rings. The highest BCUT2D eigenvalue weighted by molar-refractivity contribution is 9.10. The molecule has 0 fully saturated rings. The van der Waals surface area contributed by atoms with Crippen LogP contribution in [0.15, 0.2) is 41.0 Å². The van der Waals surface area contributed by atoms with E-state index in [-0.39, 0.29) is 18.5 Å². The van der Waals surface area contributed by atoms with Crippen molar-refractivity contribution in [2.75, 3.05) is 25.2 Å². The number of aromatic nitrogens is 3. The molecule has 1 aromatic heterocycles. The van der Waals surface area contributed by atoms with Gasteiger partial charge in [-0.3, -0.25) is 14.3 Å². The summed E-state index contributed by atoms with van der Waals surface area (Å²) < 4.78 is 7.16. The number of hydrogen-bond donors (Lipinski definition) is 2. The van der Waals surface area contributed by atoms with Gasteiger partial charge in [-0.1, -0.05) is 40.2 Å². The van der Waals surface area contributed by atoms with Gasteiger partial charge in [-0.15, -0.1) is 5.10 Å². The van der Waals surface area contributed by atoms with Crippen molar-refractivity contribution in [3.63, 3.8) is 0 Å². The molecule has 2 atom stereocenters. The Kier molecular flexibility index (Phi) is 8.98. The number of aliphatic hydroxyl groups is 2. The molecule has 184 valence electrons. The van der Waals surface area contributed by atoms with Crippen LogP contribution in [0.5, 0.6) is 0 Å². The summed E-state index contributed by atoms with van der Waals surface area (Å²) in [7, 11) is 1.36. The van der Waals surface area contributed by atoms with Crippen LogP contribution in [-0.4, -0.2) is 57.3 Å². The van der Waals surface area contributed by atoms with Crippen molar-refractivity contribution in [1.82, 2.24) is 15.0 Å². The van der Waals surface area contributed by atoms with Crippen LogP contribution in [0.25, 0.3) is 0 Å². The van der Waals surface area contributed by atoms with Gasteiger partial charge in [0.1, 0.15) is 0 Å². The number of halogens is 1. The second kappa shape index (κ2) is 11.7. The first-order valence-corrected chi connectivity index (χ1v) is 12.2. The van der Waals surface area contributed by atoms with Crippen molar-refractivity contribution < 1.29 is 24.5 Å². The van der Waals surface area contributed by atoms with Gasteiger partial charge in [0.15, 0.2) is 5.60 Å². The Morgan fingerprint density at radius 2 is 2.12 bits per heavy atom. The molecule has 0 saturated carbocycles. The minimum absolute atomic E-state index is 0.0304. The molecular formula is C24H31BrN4O5. The standard InChI is InChI=1S/C24H31BrN4O5/c1-17(7-3-5-12-28-16-19(11-14-30)26-27-28)24(33)20-15-18(25)9-10-21(20)29(23(24)32)13-6-4-8-22(31)34-2/h3,7,9-10,15-17,30,33H,4-6,8,11-14H2,1-2H3/b7-3+/t17-,24+/m0/s1. The summed E-state index contributed by atoms with van der Waals surface area (Å²) >= 11 is 3.45. The number of aliphatic hydroxyl groups excluding tert-OH is 1. The number of ether oxygens (including phenoxy) is 1. The molecule has 0 bridgehead atoms. The molecule has 9 nitrogen and oxygen atoms in total. The number of carbonyl (C=O) groups excluding carboxylic acids is 2. The number of anilines is 1. The summed E-state index contributed by atoms with van der Waals surface area (Å²) in [5.41, 5.74) is 0.314. The molecule has 2 heterocycles. The molecule has 2 N–H and O–H groups in total. The lowest BCUT2D eigenvalue weighted by Crippen LogP contribution is -2.44.